The summed E-state index contributed by atoms with van der Waals surface area (Å²) in [6, 6.07) is 7.15. The molecule has 1 aromatic carbocycles. The second-order valence-corrected chi connectivity index (χ2v) is 7.09. The molecular weight excluding hydrogens is 388 g/mol. The quantitative estimate of drug-likeness (QED) is 0.569. The van der Waals surface area contributed by atoms with Crippen LogP contribution < -0.4 is 10.2 Å². The molecule has 4 rings (SSSR count). The van der Waals surface area contributed by atoms with Gasteiger partial charge in [0.15, 0.2) is 0 Å². The van der Waals surface area contributed by atoms with E-state index in [4.69, 9.17) is 4.74 Å². The van der Waals surface area contributed by atoms with Gasteiger partial charge in [0.05, 0.1) is 24.6 Å². The lowest BCUT2D eigenvalue weighted by atomic mass is 10.1. The van der Waals surface area contributed by atoms with Crippen LogP contribution in [0.4, 0.5) is 34.8 Å². The van der Waals surface area contributed by atoms with E-state index in [0.29, 0.717) is 29.8 Å². The number of halogens is 4. The fourth-order valence-electron chi connectivity index (χ4n) is 3.38. The van der Waals surface area contributed by atoms with Gasteiger partial charge in [0, 0.05) is 47.8 Å². The second-order valence-electron chi connectivity index (χ2n) is 7.09. The molecule has 9 heteroatoms. The molecule has 2 aromatic heterocycles. The van der Waals surface area contributed by atoms with Crippen molar-refractivity contribution < 1.29 is 22.3 Å². The van der Waals surface area contributed by atoms with Crippen LogP contribution in [0.15, 0.2) is 36.7 Å². The Balaban J connectivity index is 1.40. The van der Waals surface area contributed by atoms with E-state index in [9.17, 15) is 17.6 Å². The lowest BCUT2D eigenvalue weighted by Crippen LogP contribution is -2.52. The summed E-state index contributed by atoms with van der Waals surface area (Å²) in [5, 5.41) is 3.76. The summed E-state index contributed by atoms with van der Waals surface area (Å²) in [4.78, 5) is 9.30. The summed E-state index contributed by atoms with van der Waals surface area (Å²) >= 11 is 0. The average molecular weight is 408 g/mol. The predicted octanol–water partition coefficient (Wildman–Crippen LogP) is 4.91. The first kappa shape index (κ1) is 19.5. The lowest BCUT2D eigenvalue weighted by Gasteiger charge is -2.41. The molecule has 154 valence electrons. The lowest BCUT2D eigenvalue weighted by molar-refractivity contribution is -0.149. The number of alkyl halides is 3. The summed E-state index contributed by atoms with van der Waals surface area (Å²) in [7, 11) is 0. The summed E-state index contributed by atoms with van der Waals surface area (Å²) in [5.41, 5.74) is 3.32. The van der Waals surface area contributed by atoms with Gasteiger partial charge in [-0.25, -0.2) is 9.37 Å². The molecule has 3 heterocycles. The first-order valence-electron chi connectivity index (χ1n) is 9.23. The van der Waals surface area contributed by atoms with E-state index in [1.807, 2.05) is 17.9 Å². The Morgan fingerprint density at radius 2 is 2.07 bits per heavy atom. The van der Waals surface area contributed by atoms with Gasteiger partial charge in [0.25, 0.3) is 0 Å². The van der Waals surface area contributed by atoms with Crippen LogP contribution in [0.3, 0.4) is 0 Å². The SMILES string of the molecule is Cc1c(N2CC(OCCC(F)(F)F)C2)ccnc1Nc1ccc2c(F)c[nH]c2c1. The zero-order valence-electron chi connectivity index (χ0n) is 15.7. The molecule has 0 spiro atoms. The molecule has 1 aliphatic rings. The monoisotopic (exact) mass is 408 g/mol. The van der Waals surface area contributed by atoms with Crippen molar-refractivity contribution in [3.63, 3.8) is 0 Å². The van der Waals surface area contributed by atoms with E-state index in [1.54, 1.807) is 24.4 Å². The van der Waals surface area contributed by atoms with Gasteiger partial charge in [-0.15, -0.1) is 0 Å². The van der Waals surface area contributed by atoms with Gasteiger partial charge in [-0.2, -0.15) is 13.2 Å². The molecule has 5 nitrogen and oxygen atoms in total. The molecule has 2 N–H and O–H groups in total. The van der Waals surface area contributed by atoms with Crippen molar-refractivity contribution in [3.8, 4) is 0 Å². The minimum absolute atomic E-state index is 0.202. The molecule has 0 aliphatic carbocycles. The number of hydrogen-bond acceptors (Lipinski definition) is 4. The summed E-state index contributed by atoms with van der Waals surface area (Å²) in [5.74, 6) is 0.364. The Kier molecular flexibility index (Phi) is 5.08. The molecule has 1 fully saturated rings. The van der Waals surface area contributed by atoms with Gasteiger partial charge in [-0.05, 0) is 31.2 Å². The molecule has 0 atom stereocenters. The van der Waals surface area contributed by atoms with Crippen LogP contribution in [-0.4, -0.2) is 41.9 Å². The first-order valence-corrected chi connectivity index (χ1v) is 9.23. The number of pyridine rings is 1. The Labute approximate surface area is 164 Å². The number of nitrogens with zero attached hydrogens (tertiary/aromatic N) is 2. The number of aromatic nitrogens is 2. The van der Waals surface area contributed by atoms with Crippen molar-refractivity contribution >= 4 is 28.1 Å². The Morgan fingerprint density at radius 3 is 2.83 bits per heavy atom. The van der Waals surface area contributed by atoms with Crippen molar-refractivity contribution in [1.82, 2.24) is 9.97 Å². The maximum absolute atomic E-state index is 13.6. The highest BCUT2D eigenvalue weighted by atomic mass is 19.4. The molecular formula is C20H20F4N4O. The van der Waals surface area contributed by atoms with Crippen molar-refractivity contribution in [2.75, 3.05) is 29.9 Å². The van der Waals surface area contributed by atoms with Crippen molar-refractivity contribution in [3.05, 3.63) is 48.0 Å². The maximum Gasteiger partial charge on any atom is 0.391 e. The number of anilines is 3. The highest BCUT2D eigenvalue weighted by Crippen LogP contribution is 2.32. The number of hydrogen-bond donors (Lipinski definition) is 2. The number of H-pyrrole nitrogens is 1. The third-order valence-corrected chi connectivity index (χ3v) is 5.00. The highest BCUT2D eigenvalue weighted by Gasteiger charge is 2.32. The minimum atomic E-state index is -4.19. The molecule has 0 amide bonds. The van der Waals surface area contributed by atoms with Gasteiger partial charge in [-0.1, -0.05) is 0 Å². The van der Waals surface area contributed by atoms with Crippen LogP contribution in [0.5, 0.6) is 0 Å². The van der Waals surface area contributed by atoms with Gasteiger partial charge in [-0.3, -0.25) is 0 Å². The topological polar surface area (TPSA) is 53.2 Å². The zero-order chi connectivity index (χ0) is 20.6. The fraction of sp³-hybridized carbons (Fsp3) is 0.350. The highest BCUT2D eigenvalue weighted by molar-refractivity contribution is 5.84. The van der Waals surface area contributed by atoms with Crippen molar-refractivity contribution in [2.45, 2.75) is 25.6 Å². The standard InChI is InChI=1S/C20H20F4N4O/c1-12-18(28-10-14(11-28)29-7-5-20(22,23)24)4-6-25-19(12)27-13-2-3-15-16(21)9-26-17(15)8-13/h2-4,6,8-9,14,26H,5,7,10-11H2,1H3,(H,25,27). The molecule has 3 aromatic rings. The Hall–Kier alpha value is -2.81. The molecule has 0 saturated carbocycles. The number of fused-ring (bicyclic) bond motifs is 1. The average Bonchev–Trinajstić information content (AvgIpc) is 2.99. The summed E-state index contributed by atoms with van der Waals surface area (Å²) in [6.45, 7) is 2.69. The van der Waals surface area contributed by atoms with Crippen molar-refractivity contribution in [1.29, 1.82) is 0 Å². The van der Waals surface area contributed by atoms with Crippen LogP contribution in [0.2, 0.25) is 0 Å². The maximum atomic E-state index is 13.6. The molecule has 0 unspecified atom stereocenters. The van der Waals surface area contributed by atoms with Gasteiger partial charge >= 0.3 is 6.18 Å². The van der Waals surface area contributed by atoms with Gasteiger partial charge < -0.3 is 19.9 Å². The molecule has 0 radical (unpaired) electrons. The van der Waals surface area contributed by atoms with Gasteiger partial charge in [0.2, 0.25) is 0 Å². The Morgan fingerprint density at radius 1 is 1.28 bits per heavy atom. The molecule has 1 aliphatic heterocycles. The fourth-order valence-corrected chi connectivity index (χ4v) is 3.38. The third kappa shape index (κ3) is 4.29. The second kappa shape index (κ2) is 7.55. The normalized spacial score (nSPS) is 15.0. The van der Waals surface area contributed by atoms with E-state index < -0.39 is 12.6 Å². The summed E-state index contributed by atoms with van der Waals surface area (Å²) < 4.78 is 55.5. The van der Waals surface area contributed by atoms with Crippen LogP contribution >= 0.6 is 0 Å². The summed E-state index contributed by atoms with van der Waals surface area (Å²) in [6.07, 6.45) is -2.33. The van der Waals surface area contributed by atoms with E-state index in [2.05, 4.69) is 15.3 Å². The minimum Gasteiger partial charge on any atom is -0.374 e. The predicted molar refractivity (Wildman–Crippen MR) is 103 cm³/mol. The molecule has 0 bridgehead atoms. The van der Waals surface area contributed by atoms with Crippen LogP contribution in [-0.2, 0) is 4.74 Å². The smallest absolute Gasteiger partial charge is 0.374 e. The van der Waals surface area contributed by atoms with E-state index in [0.717, 1.165) is 16.9 Å². The van der Waals surface area contributed by atoms with Crippen molar-refractivity contribution in [2.24, 2.45) is 0 Å². The Bertz CT molecular complexity index is 1010. The number of rotatable bonds is 6. The molecule has 1 saturated heterocycles. The number of nitrogens with one attached hydrogen (secondary N) is 2. The van der Waals surface area contributed by atoms with Crippen LogP contribution in [0, 0.1) is 12.7 Å². The van der Waals surface area contributed by atoms with E-state index >= 15 is 0 Å². The third-order valence-electron chi connectivity index (χ3n) is 5.00. The number of benzene rings is 1. The number of ether oxygens (including phenoxy) is 1. The van der Waals surface area contributed by atoms with Crippen LogP contribution in [0.1, 0.15) is 12.0 Å². The van der Waals surface area contributed by atoms with Crippen LogP contribution in [0.25, 0.3) is 10.9 Å². The largest absolute Gasteiger partial charge is 0.391 e. The number of aromatic amines is 1. The molecule has 29 heavy (non-hydrogen) atoms. The first-order chi connectivity index (χ1) is 13.8. The van der Waals surface area contributed by atoms with E-state index in [-0.39, 0.29) is 18.5 Å². The zero-order valence-corrected chi connectivity index (χ0v) is 15.7. The van der Waals surface area contributed by atoms with E-state index in [1.165, 1.54) is 6.20 Å². The van der Waals surface area contributed by atoms with Gasteiger partial charge in [0.1, 0.15) is 11.6 Å².